The van der Waals surface area contributed by atoms with Crippen molar-refractivity contribution in [1.29, 1.82) is 0 Å². The van der Waals surface area contributed by atoms with Gasteiger partial charge in [-0.1, -0.05) is 0 Å². The average molecular weight is 369 g/mol. The molecule has 0 spiro atoms. The summed E-state index contributed by atoms with van der Waals surface area (Å²) in [5.74, 6) is 0.235. The van der Waals surface area contributed by atoms with Gasteiger partial charge in [0.25, 0.3) is 5.56 Å². The predicted octanol–water partition coefficient (Wildman–Crippen LogP) is 2.60. The summed E-state index contributed by atoms with van der Waals surface area (Å²) in [6, 6.07) is 6.51. The van der Waals surface area contributed by atoms with Crippen molar-refractivity contribution >= 4 is 22.4 Å². The fourth-order valence-corrected chi connectivity index (χ4v) is 3.04. The van der Waals surface area contributed by atoms with Gasteiger partial charge in [0.05, 0.1) is 11.2 Å². The van der Waals surface area contributed by atoms with Crippen LogP contribution in [0.5, 0.6) is 0 Å². The molecular formula is C20H24FN5O. The molecule has 27 heavy (non-hydrogen) atoms. The van der Waals surface area contributed by atoms with Crippen LogP contribution < -0.4 is 16.6 Å². The third kappa shape index (κ3) is 3.78. The highest BCUT2D eigenvalue weighted by Crippen LogP contribution is 2.27. The van der Waals surface area contributed by atoms with E-state index in [4.69, 9.17) is 5.73 Å². The van der Waals surface area contributed by atoms with Crippen LogP contribution in [0.15, 0.2) is 35.3 Å². The van der Waals surface area contributed by atoms with E-state index in [0.717, 1.165) is 24.0 Å². The fraction of sp³-hybridized carbons (Fsp3) is 0.300. The lowest BCUT2D eigenvalue weighted by Gasteiger charge is -2.14. The summed E-state index contributed by atoms with van der Waals surface area (Å²) in [6.07, 6.45) is 1.73. The van der Waals surface area contributed by atoms with E-state index in [1.165, 1.54) is 12.1 Å². The molecule has 0 aliphatic heterocycles. The number of nitrogen functional groups attached to an aromatic ring is 1. The van der Waals surface area contributed by atoms with E-state index >= 15 is 0 Å². The molecule has 0 aliphatic carbocycles. The van der Waals surface area contributed by atoms with Gasteiger partial charge in [-0.3, -0.25) is 4.79 Å². The van der Waals surface area contributed by atoms with Gasteiger partial charge in [-0.05, 0) is 50.3 Å². The summed E-state index contributed by atoms with van der Waals surface area (Å²) in [5, 5.41) is 4.08. The summed E-state index contributed by atoms with van der Waals surface area (Å²) < 4.78 is 15.3. The molecule has 0 radical (unpaired) electrons. The van der Waals surface area contributed by atoms with Crippen LogP contribution >= 0.6 is 0 Å². The van der Waals surface area contributed by atoms with Crippen LogP contribution in [0.4, 0.5) is 15.9 Å². The maximum absolute atomic E-state index is 13.7. The number of nitrogens with two attached hydrogens (primary N) is 1. The zero-order valence-electron chi connectivity index (χ0n) is 16.0. The van der Waals surface area contributed by atoms with Crippen LogP contribution in [0.1, 0.15) is 5.56 Å². The molecule has 1 aromatic carbocycles. The SMILES string of the molecule is Cc1cc(F)c(N)cc1-c1cc2cnc(NCCN(C)C)cc2n(C)c1=O. The number of halogens is 1. The second-order valence-corrected chi connectivity index (χ2v) is 6.97. The molecule has 142 valence electrons. The molecule has 3 aromatic rings. The zero-order valence-corrected chi connectivity index (χ0v) is 16.0. The quantitative estimate of drug-likeness (QED) is 0.676. The van der Waals surface area contributed by atoms with E-state index in [-0.39, 0.29) is 11.2 Å². The van der Waals surface area contributed by atoms with E-state index < -0.39 is 5.82 Å². The van der Waals surface area contributed by atoms with Crippen molar-refractivity contribution in [2.75, 3.05) is 38.2 Å². The number of fused-ring (bicyclic) bond motifs is 1. The summed E-state index contributed by atoms with van der Waals surface area (Å²) in [4.78, 5) is 19.4. The number of hydrogen-bond donors (Lipinski definition) is 2. The smallest absolute Gasteiger partial charge is 0.258 e. The number of rotatable bonds is 5. The van der Waals surface area contributed by atoms with Gasteiger partial charge < -0.3 is 20.5 Å². The summed E-state index contributed by atoms with van der Waals surface area (Å²) >= 11 is 0. The van der Waals surface area contributed by atoms with Crippen LogP contribution in [0.25, 0.3) is 22.0 Å². The highest BCUT2D eigenvalue weighted by molar-refractivity contribution is 5.86. The Balaban J connectivity index is 2.07. The maximum Gasteiger partial charge on any atom is 0.258 e. The number of nitrogens with zero attached hydrogens (tertiary/aromatic N) is 3. The Labute approximate surface area is 157 Å². The highest BCUT2D eigenvalue weighted by Gasteiger charge is 2.14. The number of pyridine rings is 2. The first-order chi connectivity index (χ1) is 12.8. The van der Waals surface area contributed by atoms with Crippen molar-refractivity contribution in [1.82, 2.24) is 14.5 Å². The molecule has 0 fully saturated rings. The largest absolute Gasteiger partial charge is 0.396 e. The summed E-state index contributed by atoms with van der Waals surface area (Å²) in [5.41, 5.74) is 8.11. The third-order valence-corrected chi connectivity index (χ3v) is 4.61. The minimum Gasteiger partial charge on any atom is -0.396 e. The molecule has 2 aromatic heterocycles. The first-order valence-electron chi connectivity index (χ1n) is 8.72. The second kappa shape index (κ2) is 7.36. The van der Waals surface area contributed by atoms with E-state index in [2.05, 4.69) is 15.2 Å². The summed E-state index contributed by atoms with van der Waals surface area (Å²) in [7, 11) is 5.73. The lowest BCUT2D eigenvalue weighted by Crippen LogP contribution is -2.22. The lowest BCUT2D eigenvalue weighted by atomic mass is 9.99. The normalized spacial score (nSPS) is 11.3. The first kappa shape index (κ1) is 18.8. The van der Waals surface area contributed by atoms with Gasteiger partial charge in [0.1, 0.15) is 11.6 Å². The molecule has 6 nitrogen and oxygen atoms in total. The number of benzene rings is 1. The molecule has 0 unspecified atom stereocenters. The molecule has 7 heteroatoms. The molecule has 0 saturated carbocycles. The third-order valence-electron chi connectivity index (χ3n) is 4.61. The van der Waals surface area contributed by atoms with Crippen LogP contribution in [-0.2, 0) is 7.05 Å². The molecular weight excluding hydrogens is 345 g/mol. The lowest BCUT2D eigenvalue weighted by molar-refractivity contribution is 0.425. The van der Waals surface area contributed by atoms with Crippen LogP contribution in [0.2, 0.25) is 0 Å². The van der Waals surface area contributed by atoms with Gasteiger partial charge in [0.15, 0.2) is 0 Å². The van der Waals surface area contributed by atoms with Gasteiger partial charge >= 0.3 is 0 Å². The van der Waals surface area contributed by atoms with E-state index in [9.17, 15) is 9.18 Å². The molecule has 0 aliphatic rings. The van der Waals surface area contributed by atoms with Gasteiger partial charge in [-0.2, -0.15) is 0 Å². The van der Waals surface area contributed by atoms with E-state index in [0.29, 0.717) is 22.5 Å². The maximum atomic E-state index is 13.7. The number of hydrogen-bond acceptors (Lipinski definition) is 5. The average Bonchev–Trinajstić information content (AvgIpc) is 2.61. The molecule has 0 saturated heterocycles. The van der Waals surface area contributed by atoms with E-state index in [1.54, 1.807) is 30.8 Å². The highest BCUT2D eigenvalue weighted by atomic mass is 19.1. The topological polar surface area (TPSA) is 76.2 Å². The van der Waals surface area contributed by atoms with Crippen LogP contribution in [0, 0.1) is 12.7 Å². The van der Waals surface area contributed by atoms with Crippen molar-refractivity contribution in [2.24, 2.45) is 7.05 Å². The number of nitrogens with one attached hydrogen (secondary N) is 1. The number of likely N-dealkylation sites (N-methyl/N-ethyl adjacent to an activating group) is 1. The van der Waals surface area contributed by atoms with Gasteiger partial charge in [-0.15, -0.1) is 0 Å². The van der Waals surface area contributed by atoms with Gasteiger partial charge in [0.2, 0.25) is 0 Å². The predicted molar refractivity (Wildman–Crippen MR) is 109 cm³/mol. The van der Waals surface area contributed by atoms with Crippen molar-refractivity contribution < 1.29 is 4.39 Å². The number of aryl methyl sites for hydroxylation is 2. The molecule has 0 atom stereocenters. The molecule has 0 bridgehead atoms. The Bertz CT molecular complexity index is 1060. The summed E-state index contributed by atoms with van der Waals surface area (Å²) in [6.45, 7) is 3.39. The zero-order chi connectivity index (χ0) is 19.7. The number of anilines is 2. The van der Waals surface area contributed by atoms with Crippen molar-refractivity contribution in [2.45, 2.75) is 6.92 Å². The van der Waals surface area contributed by atoms with Crippen molar-refractivity contribution in [3.05, 3.63) is 52.2 Å². The molecule has 2 heterocycles. The van der Waals surface area contributed by atoms with Gasteiger partial charge in [0, 0.05) is 43.4 Å². The monoisotopic (exact) mass is 369 g/mol. The Morgan fingerprint density at radius 1 is 1.22 bits per heavy atom. The van der Waals surface area contributed by atoms with Crippen LogP contribution in [0.3, 0.4) is 0 Å². The number of aromatic nitrogens is 2. The Kier molecular flexibility index (Phi) is 5.14. The Hall–Kier alpha value is -2.93. The Morgan fingerprint density at radius 2 is 1.96 bits per heavy atom. The first-order valence-corrected chi connectivity index (χ1v) is 8.72. The minimum atomic E-state index is -0.482. The second-order valence-electron chi connectivity index (χ2n) is 6.97. The standard InChI is InChI=1S/C20H24FN5O/c1-12-7-16(21)17(22)9-14(12)15-8-13-11-24-19(23-5-6-25(2)3)10-18(13)26(4)20(15)27/h7-11H,5-6,22H2,1-4H3,(H,23,24). The fourth-order valence-electron chi connectivity index (χ4n) is 3.04. The molecule has 3 rings (SSSR count). The molecule has 0 amide bonds. The molecule has 3 N–H and O–H groups in total. The Morgan fingerprint density at radius 3 is 2.67 bits per heavy atom. The van der Waals surface area contributed by atoms with Crippen molar-refractivity contribution in [3.8, 4) is 11.1 Å². The van der Waals surface area contributed by atoms with Crippen LogP contribution in [-0.4, -0.2) is 41.6 Å². The minimum absolute atomic E-state index is 0.0244. The van der Waals surface area contributed by atoms with E-state index in [1.807, 2.05) is 20.2 Å². The van der Waals surface area contributed by atoms with Gasteiger partial charge in [-0.25, -0.2) is 9.37 Å². The van der Waals surface area contributed by atoms with Crippen molar-refractivity contribution in [3.63, 3.8) is 0 Å².